The molecular weight excluding hydrogens is 319 g/mol. The van der Waals surface area contributed by atoms with Crippen molar-refractivity contribution in [3.8, 4) is 0 Å². The first kappa shape index (κ1) is 16.7. The third kappa shape index (κ3) is 4.18. The molecule has 7 nitrogen and oxygen atoms in total. The molecule has 10 heteroatoms. The molecule has 0 saturated carbocycles. The van der Waals surface area contributed by atoms with Gasteiger partial charge in [-0.3, -0.25) is 14.6 Å². The Morgan fingerprint density at radius 2 is 2.13 bits per heavy atom. The van der Waals surface area contributed by atoms with Crippen LogP contribution in [-0.4, -0.2) is 58.1 Å². The lowest BCUT2D eigenvalue weighted by molar-refractivity contribution is -0.157. The van der Waals surface area contributed by atoms with E-state index in [4.69, 9.17) is 5.11 Å². The van der Waals surface area contributed by atoms with Gasteiger partial charge in [-0.2, -0.15) is 13.2 Å². The van der Waals surface area contributed by atoms with Gasteiger partial charge in [0.05, 0.1) is 5.56 Å². The van der Waals surface area contributed by atoms with Crippen LogP contribution in [-0.2, 0) is 4.79 Å². The van der Waals surface area contributed by atoms with Crippen LogP contribution >= 0.6 is 0 Å². The van der Waals surface area contributed by atoms with Crippen molar-refractivity contribution < 1.29 is 32.7 Å². The zero-order chi connectivity index (χ0) is 17.2. The summed E-state index contributed by atoms with van der Waals surface area (Å²) in [6, 6.07) is 1.12. The summed E-state index contributed by atoms with van der Waals surface area (Å²) in [5.74, 6) is -2.90. The molecule has 124 valence electrons. The third-order valence-corrected chi connectivity index (χ3v) is 3.21. The molecule has 0 bridgehead atoms. The van der Waals surface area contributed by atoms with E-state index in [1.54, 1.807) is 0 Å². The number of carboxylic acids is 1. The van der Waals surface area contributed by atoms with Gasteiger partial charge in [-0.05, 0) is 18.6 Å². The molecule has 1 fully saturated rings. The van der Waals surface area contributed by atoms with Crippen molar-refractivity contribution in [1.29, 1.82) is 0 Å². The van der Waals surface area contributed by atoms with Crippen LogP contribution in [0.15, 0.2) is 18.3 Å². The molecule has 0 radical (unpaired) electrons. The first-order valence-electron chi connectivity index (χ1n) is 6.53. The summed E-state index contributed by atoms with van der Waals surface area (Å²) in [6.45, 7) is -1.49. The predicted octanol–water partition coefficient (Wildman–Crippen LogP) is 0.673. The van der Waals surface area contributed by atoms with Crippen molar-refractivity contribution >= 4 is 17.8 Å². The van der Waals surface area contributed by atoms with Crippen LogP contribution in [0.25, 0.3) is 0 Å². The number of carbonyl (C=O) groups excluding carboxylic acids is 2. The largest absolute Gasteiger partial charge is 0.478 e. The van der Waals surface area contributed by atoms with Crippen LogP contribution in [0.3, 0.4) is 0 Å². The Labute approximate surface area is 128 Å². The fourth-order valence-corrected chi connectivity index (χ4v) is 2.17. The molecule has 1 aliphatic heterocycles. The van der Waals surface area contributed by atoms with Crippen molar-refractivity contribution in [2.45, 2.75) is 18.6 Å². The standard InChI is InChI=1S/C13H12F3N3O4/c14-13(15,16)6-19-4-2-8(11(19)21)18-10(20)9-5-7(12(22)23)1-3-17-9/h1,3,5,8H,2,4,6H2,(H,18,20)(H,22,23). The lowest BCUT2D eigenvalue weighted by atomic mass is 10.2. The highest BCUT2D eigenvalue weighted by Crippen LogP contribution is 2.21. The van der Waals surface area contributed by atoms with Crippen LogP contribution < -0.4 is 5.32 Å². The topological polar surface area (TPSA) is 99.6 Å². The number of pyridine rings is 1. The molecule has 1 aromatic rings. The van der Waals surface area contributed by atoms with Crippen molar-refractivity contribution in [3.63, 3.8) is 0 Å². The second-order valence-electron chi connectivity index (χ2n) is 4.92. The molecule has 0 spiro atoms. The second kappa shape index (κ2) is 6.23. The van der Waals surface area contributed by atoms with E-state index < -0.39 is 36.5 Å². The Morgan fingerprint density at radius 3 is 2.74 bits per heavy atom. The van der Waals surface area contributed by atoms with E-state index in [-0.39, 0.29) is 24.2 Å². The van der Waals surface area contributed by atoms with Crippen LogP contribution in [0.2, 0.25) is 0 Å². The monoisotopic (exact) mass is 331 g/mol. The number of halogens is 3. The maximum atomic E-state index is 12.3. The van der Waals surface area contributed by atoms with Crippen molar-refractivity contribution in [2.75, 3.05) is 13.1 Å². The van der Waals surface area contributed by atoms with Gasteiger partial charge in [-0.15, -0.1) is 0 Å². The van der Waals surface area contributed by atoms with Crippen molar-refractivity contribution in [1.82, 2.24) is 15.2 Å². The number of likely N-dealkylation sites (tertiary alicyclic amines) is 1. The number of carbonyl (C=O) groups is 3. The summed E-state index contributed by atoms with van der Waals surface area (Å²) in [4.78, 5) is 38.9. The molecule has 0 aliphatic carbocycles. The van der Waals surface area contributed by atoms with Crippen molar-refractivity contribution in [3.05, 3.63) is 29.6 Å². The Kier molecular flexibility index (Phi) is 4.52. The molecule has 1 unspecified atom stereocenters. The number of nitrogens with zero attached hydrogens (tertiary/aromatic N) is 2. The predicted molar refractivity (Wildman–Crippen MR) is 69.7 cm³/mol. The molecule has 2 N–H and O–H groups in total. The van der Waals surface area contributed by atoms with E-state index in [0.717, 1.165) is 12.3 Å². The van der Waals surface area contributed by atoms with Gasteiger partial charge in [0.25, 0.3) is 5.91 Å². The zero-order valence-corrected chi connectivity index (χ0v) is 11.6. The molecule has 1 aliphatic rings. The molecule has 1 saturated heterocycles. The van der Waals surface area contributed by atoms with Gasteiger partial charge in [0.1, 0.15) is 18.3 Å². The number of aromatic carboxylic acids is 1. The summed E-state index contributed by atoms with van der Waals surface area (Å²) in [6.07, 6.45) is -3.35. The first-order valence-corrected chi connectivity index (χ1v) is 6.53. The SMILES string of the molecule is O=C(O)c1ccnc(C(=O)NC2CCN(CC(F)(F)F)C2=O)c1. The molecule has 1 atom stereocenters. The third-order valence-electron chi connectivity index (χ3n) is 3.21. The number of hydrogen-bond acceptors (Lipinski definition) is 4. The van der Waals surface area contributed by atoms with E-state index in [0.29, 0.717) is 4.90 Å². The number of rotatable bonds is 4. The summed E-state index contributed by atoms with van der Waals surface area (Å²) in [5, 5.41) is 11.1. The molecule has 23 heavy (non-hydrogen) atoms. The lowest BCUT2D eigenvalue weighted by Crippen LogP contribution is -2.44. The number of alkyl halides is 3. The Bertz CT molecular complexity index is 648. The second-order valence-corrected chi connectivity index (χ2v) is 4.92. The highest BCUT2D eigenvalue weighted by Gasteiger charge is 2.39. The number of nitrogens with one attached hydrogen (secondary N) is 1. The van der Waals surface area contributed by atoms with Gasteiger partial charge in [-0.1, -0.05) is 0 Å². The molecular formula is C13H12F3N3O4. The van der Waals surface area contributed by atoms with E-state index in [9.17, 15) is 27.6 Å². The number of aromatic nitrogens is 1. The van der Waals surface area contributed by atoms with Gasteiger partial charge in [0.2, 0.25) is 5.91 Å². The Morgan fingerprint density at radius 1 is 1.43 bits per heavy atom. The van der Waals surface area contributed by atoms with Crippen LogP contribution in [0, 0.1) is 0 Å². The Balaban J connectivity index is 2.02. The summed E-state index contributed by atoms with van der Waals surface area (Å²) in [5.41, 5.74) is -0.395. The smallest absolute Gasteiger partial charge is 0.406 e. The van der Waals surface area contributed by atoms with E-state index in [1.165, 1.54) is 6.07 Å². The minimum Gasteiger partial charge on any atom is -0.478 e. The molecule has 1 aromatic heterocycles. The highest BCUT2D eigenvalue weighted by molar-refractivity contribution is 5.98. The quantitative estimate of drug-likeness (QED) is 0.845. The van der Waals surface area contributed by atoms with Crippen LogP contribution in [0.5, 0.6) is 0 Å². The maximum Gasteiger partial charge on any atom is 0.406 e. The lowest BCUT2D eigenvalue weighted by Gasteiger charge is -2.18. The van der Waals surface area contributed by atoms with Crippen molar-refractivity contribution in [2.24, 2.45) is 0 Å². The fourth-order valence-electron chi connectivity index (χ4n) is 2.17. The Hall–Kier alpha value is -2.65. The van der Waals surface area contributed by atoms with E-state index >= 15 is 0 Å². The van der Waals surface area contributed by atoms with Gasteiger partial charge < -0.3 is 15.3 Å². The summed E-state index contributed by atoms with van der Waals surface area (Å²) < 4.78 is 36.9. The molecule has 2 amide bonds. The highest BCUT2D eigenvalue weighted by atomic mass is 19.4. The normalized spacial score (nSPS) is 18.1. The summed E-state index contributed by atoms with van der Waals surface area (Å²) >= 11 is 0. The number of carboxylic acid groups (broad SMARTS) is 1. The van der Waals surface area contributed by atoms with Gasteiger partial charge in [-0.25, -0.2) is 4.79 Å². The minimum absolute atomic E-state index is 0.0409. The van der Waals surface area contributed by atoms with Crippen LogP contribution in [0.4, 0.5) is 13.2 Å². The van der Waals surface area contributed by atoms with Crippen LogP contribution in [0.1, 0.15) is 27.3 Å². The average Bonchev–Trinajstić information content (AvgIpc) is 2.78. The minimum atomic E-state index is -4.51. The zero-order valence-electron chi connectivity index (χ0n) is 11.6. The summed E-state index contributed by atoms with van der Waals surface area (Å²) in [7, 11) is 0. The maximum absolute atomic E-state index is 12.3. The average molecular weight is 331 g/mol. The van der Waals surface area contributed by atoms with Gasteiger partial charge >= 0.3 is 12.1 Å². The van der Waals surface area contributed by atoms with Gasteiger partial charge in [0, 0.05) is 12.7 Å². The van der Waals surface area contributed by atoms with E-state index in [2.05, 4.69) is 10.3 Å². The molecule has 0 aromatic carbocycles. The number of amides is 2. The van der Waals surface area contributed by atoms with Gasteiger partial charge in [0.15, 0.2) is 0 Å². The van der Waals surface area contributed by atoms with E-state index in [1.807, 2.05) is 0 Å². The first-order chi connectivity index (χ1) is 10.7. The number of hydrogen-bond donors (Lipinski definition) is 2. The molecule has 2 heterocycles. The molecule has 2 rings (SSSR count). The fraction of sp³-hybridized carbons (Fsp3) is 0.385.